The van der Waals surface area contributed by atoms with Crippen LogP contribution in [-0.2, 0) is 22.7 Å². The van der Waals surface area contributed by atoms with Crippen molar-refractivity contribution in [3.05, 3.63) is 72.1 Å². The molecule has 0 aliphatic carbocycles. The van der Waals surface area contributed by atoms with Gasteiger partial charge in [0.15, 0.2) is 0 Å². The van der Waals surface area contributed by atoms with E-state index in [1.54, 1.807) is 4.68 Å². The Morgan fingerprint density at radius 1 is 1.07 bits per heavy atom. The number of ether oxygens (including phenoxy) is 1. The van der Waals surface area contributed by atoms with Gasteiger partial charge in [0.1, 0.15) is 12.4 Å². The van der Waals surface area contributed by atoms with Crippen LogP contribution in [0.25, 0.3) is 11.0 Å². The van der Waals surface area contributed by atoms with E-state index in [0.717, 1.165) is 55.0 Å². The van der Waals surface area contributed by atoms with Crippen LogP contribution in [0.15, 0.2) is 60.7 Å². The number of halogens is 1. The molecule has 1 aliphatic rings. The van der Waals surface area contributed by atoms with E-state index in [1.165, 1.54) is 12.1 Å². The molecule has 0 radical (unpaired) electrons. The summed E-state index contributed by atoms with van der Waals surface area (Å²) < 4.78 is 22.9. The van der Waals surface area contributed by atoms with Crippen molar-refractivity contribution in [2.45, 2.75) is 38.9 Å². The van der Waals surface area contributed by atoms with Crippen molar-refractivity contribution in [1.82, 2.24) is 34.7 Å². The summed E-state index contributed by atoms with van der Waals surface area (Å²) in [4.78, 5) is 26.4. The molecule has 5 rings (SSSR count). The molecule has 3 N–H and O–H groups in total. The number of imidazole rings is 1. The number of aliphatic carboxylic acids is 2. The Morgan fingerprint density at radius 3 is 2.43 bits per heavy atom. The van der Waals surface area contributed by atoms with Gasteiger partial charge in [-0.15, -0.1) is 0 Å². The van der Waals surface area contributed by atoms with Gasteiger partial charge in [0, 0.05) is 44.4 Å². The molecule has 0 saturated carbocycles. The Bertz CT molecular complexity index is 1480. The van der Waals surface area contributed by atoms with Crippen molar-refractivity contribution in [3.63, 3.8) is 0 Å². The molecule has 2 aromatic heterocycles. The van der Waals surface area contributed by atoms with Crippen LogP contribution in [-0.4, -0.2) is 89.1 Å². The number of carboxylic acids is 2. The zero-order chi connectivity index (χ0) is 29.9. The van der Waals surface area contributed by atoms with Crippen LogP contribution in [0.2, 0.25) is 0 Å². The Labute approximate surface area is 241 Å². The van der Waals surface area contributed by atoms with E-state index in [9.17, 15) is 14.0 Å². The van der Waals surface area contributed by atoms with Gasteiger partial charge < -0.3 is 24.8 Å². The van der Waals surface area contributed by atoms with Crippen LogP contribution in [0.5, 0.6) is 6.01 Å². The lowest BCUT2D eigenvalue weighted by molar-refractivity contribution is -0.134. The molecular formula is C28H33FN8O5. The lowest BCUT2D eigenvalue weighted by Gasteiger charge is -2.32. The first-order valence-corrected chi connectivity index (χ1v) is 13.5. The molecule has 0 spiro atoms. The maximum Gasteiger partial charge on any atom is 0.335 e. The van der Waals surface area contributed by atoms with E-state index in [4.69, 9.17) is 19.9 Å². The molecule has 2 aromatic carbocycles. The van der Waals surface area contributed by atoms with Gasteiger partial charge in [-0.2, -0.15) is 4.68 Å². The number of para-hydroxylation sites is 2. The van der Waals surface area contributed by atoms with E-state index in [0.29, 0.717) is 43.9 Å². The number of aromatic nitrogens is 6. The van der Waals surface area contributed by atoms with Crippen molar-refractivity contribution in [2.24, 2.45) is 0 Å². The summed E-state index contributed by atoms with van der Waals surface area (Å²) in [6, 6.07) is 15.6. The predicted octanol–water partition coefficient (Wildman–Crippen LogP) is 2.90. The summed E-state index contributed by atoms with van der Waals surface area (Å²) >= 11 is 0. The Kier molecular flexibility index (Phi) is 10.5. The number of hydrogen-bond donors (Lipinski definition) is 3. The molecular weight excluding hydrogens is 547 g/mol. The van der Waals surface area contributed by atoms with E-state index in [2.05, 4.69) is 36.4 Å². The zero-order valence-electron chi connectivity index (χ0n) is 23.1. The van der Waals surface area contributed by atoms with E-state index < -0.39 is 11.9 Å². The molecule has 3 heterocycles. The molecule has 0 atom stereocenters. The zero-order valence-corrected chi connectivity index (χ0v) is 23.1. The summed E-state index contributed by atoms with van der Waals surface area (Å²) in [7, 11) is 0. The fraction of sp³-hybridized carbons (Fsp3) is 0.357. The highest BCUT2D eigenvalue weighted by molar-refractivity contribution is 5.89. The third-order valence-electron chi connectivity index (χ3n) is 6.64. The van der Waals surface area contributed by atoms with Crippen LogP contribution in [0.3, 0.4) is 0 Å². The van der Waals surface area contributed by atoms with Crippen molar-refractivity contribution < 1.29 is 28.9 Å². The minimum Gasteiger partial charge on any atom is -0.478 e. The number of likely N-dealkylation sites (tertiary alicyclic amines) is 1. The first-order chi connectivity index (χ1) is 20.3. The lowest BCUT2D eigenvalue weighted by Crippen LogP contribution is -2.41. The van der Waals surface area contributed by atoms with Gasteiger partial charge in [0.25, 0.3) is 0 Å². The first kappa shape index (κ1) is 30.1. The number of benzene rings is 2. The highest BCUT2D eigenvalue weighted by Gasteiger charge is 2.22. The van der Waals surface area contributed by atoms with E-state index >= 15 is 0 Å². The SMILES string of the molecule is CCn1nnnc1OCCN1CCC(Nc2nc3ccccc3n2Cc2ccc(F)cc2)CC1.O=C(O)/C=C/C(=O)O. The summed E-state index contributed by atoms with van der Waals surface area (Å²) in [6.07, 6.45) is 3.16. The van der Waals surface area contributed by atoms with Gasteiger partial charge in [-0.3, -0.25) is 4.90 Å². The molecule has 222 valence electrons. The number of carbonyl (C=O) groups is 2. The number of fused-ring (bicyclic) bond motifs is 1. The molecule has 1 saturated heterocycles. The largest absolute Gasteiger partial charge is 0.478 e. The molecule has 13 nitrogen and oxygen atoms in total. The second kappa shape index (κ2) is 14.7. The second-order valence-electron chi connectivity index (χ2n) is 9.53. The minimum atomic E-state index is -1.26. The van der Waals surface area contributed by atoms with Crippen molar-refractivity contribution in [2.75, 3.05) is 31.6 Å². The number of anilines is 1. The van der Waals surface area contributed by atoms with E-state index in [-0.39, 0.29) is 5.82 Å². The fourth-order valence-corrected chi connectivity index (χ4v) is 4.51. The average Bonchev–Trinajstić information content (AvgIpc) is 3.58. The van der Waals surface area contributed by atoms with Gasteiger partial charge in [0.05, 0.1) is 17.6 Å². The third kappa shape index (κ3) is 8.57. The Hall–Kier alpha value is -4.85. The number of piperidine rings is 1. The quantitative estimate of drug-likeness (QED) is 0.224. The van der Waals surface area contributed by atoms with Gasteiger partial charge in [0.2, 0.25) is 5.95 Å². The predicted molar refractivity (Wildman–Crippen MR) is 152 cm³/mol. The van der Waals surface area contributed by atoms with Crippen LogP contribution in [0.1, 0.15) is 25.3 Å². The maximum atomic E-state index is 13.4. The number of nitrogens with one attached hydrogen (secondary N) is 1. The average molecular weight is 581 g/mol. The van der Waals surface area contributed by atoms with Gasteiger partial charge in [-0.05, 0) is 60.0 Å². The smallest absolute Gasteiger partial charge is 0.335 e. The number of rotatable bonds is 11. The lowest BCUT2D eigenvalue weighted by atomic mass is 10.1. The van der Waals surface area contributed by atoms with Crippen LogP contribution < -0.4 is 10.1 Å². The maximum absolute atomic E-state index is 13.4. The summed E-state index contributed by atoms with van der Waals surface area (Å²) in [5.74, 6) is -1.88. The van der Waals surface area contributed by atoms with Crippen molar-refractivity contribution >= 4 is 28.9 Å². The van der Waals surface area contributed by atoms with Crippen LogP contribution in [0.4, 0.5) is 10.3 Å². The second-order valence-corrected chi connectivity index (χ2v) is 9.53. The minimum absolute atomic E-state index is 0.223. The molecule has 4 aromatic rings. The number of tetrazole rings is 1. The fourth-order valence-electron chi connectivity index (χ4n) is 4.51. The highest BCUT2D eigenvalue weighted by atomic mass is 19.1. The van der Waals surface area contributed by atoms with Crippen molar-refractivity contribution in [1.29, 1.82) is 0 Å². The van der Waals surface area contributed by atoms with Crippen molar-refractivity contribution in [3.8, 4) is 6.01 Å². The first-order valence-electron chi connectivity index (χ1n) is 13.5. The topological polar surface area (TPSA) is 161 Å². The third-order valence-corrected chi connectivity index (χ3v) is 6.64. The number of nitrogens with zero attached hydrogens (tertiary/aromatic N) is 7. The van der Waals surface area contributed by atoms with Gasteiger partial charge >= 0.3 is 17.9 Å². The van der Waals surface area contributed by atoms with Crippen LogP contribution in [0, 0.1) is 5.82 Å². The summed E-state index contributed by atoms with van der Waals surface area (Å²) in [5, 5.41) is 30.8. The molecule has 14 heteroatoms. The highest BCUT2D eigenvalue weighted by Crippen LogP contribution is 2.24. The number of carboxylic acid groups (broad SMARTS) is 2. The molecule has 0 unspecified atom stereocenters. The Balaban J connectivity index is 0.000000446. The molecule has 1 aliphatic heterocycles. The molecule has 0 amide bonds. The normalized spacial score (nSPS) is 14.0. The molecule has 0 bridgehead atoms. The number of aryl methyl sites for hydroxylation is 1. The molecule has 1 fully saturated rings. The van der Waals surface area contributed by atoms with Gasteiger partial charge in [-0.1, -0.05) is 29.4 Å². The summed E-state index contributed by atoms with van der Waals surface area (Å²) in [5.41, 5.74) is 3.06. The summed E-state index contributed by atoms with van der Waals surface area (Å²) in [6.45, 7) is 6.67. The Morgan fingerprint density at radius 2 is 1.76 bits per heavy atom. The monoisotopic (exact) mass is 580 g/mol. The van der Waals surface area contributed by atoms with Crippen LogP contribution >= 0.6 is 0 Å². The molecule has 42 heavy (non-hydrogen) atoms. The number of hydrogen-bond acceptors (Lipinski definition) is 9. The standard InChI is InChI=1S/C24H29FN8O.C4H4O4/c1-2-33-24(28-29-30-33)34-16-15-31-13-11-20(12-14-31)26-23-27-21-5-3-4-6-22(21)32(23)17-18-7-9-19(25)10-8-18;5-3(6)1-2-4(7)8/h3-10,20H,2,11-17H2,1H3,(H,26,27);1-2H,(H,5,6)(H,7,8)/b;2-1+. The van der Waals surface area contributed by atoms with Gasteiger partial charge in [-0.25, -0.2) is 19.0 Å². The van der Waals surface area contributed by atoms with E-state index in [1.807, 2.05) is 37.3 Å².